The number of aliphatic imine (C=N–C) groups is 1. The minimum Gasteiger partial charge on any atom is -0.458 e. The number of esters is 1. The molecular weight excluding hydrogens is 422 g/mol. The van der Waals surface area contributed by atoms with Crippen molar-refractivity contribution in [3.05, 3.63) is 65.7 Å². The molecule has 1 aliphatic rings. The van der Waals surface area contributed by atoms with E-state index in [0.29, 0.717) is 17.2 Å². The van der Waals surface area contributed by atoms with Gasteiger partial charge in [-0.15, -0.1) is 0 Å². The molecule has 3 rings (SSSR count). The number of aliphatic hydroxyl groups is 1. The van der Waals surface area contributed by atoms with Crippen LogP contribution in [0.25, 0.3) is 6.08 Å². The van der Waals surface area contributed by atoms with Gasteiger partial charge in [0.1, 0.15) is 12.8 Å². The average molecular weight is 452 g/mol. The monoisotopic (exact) mass is 451 g/mol. The molecule has 0 bridgehead atoms. The molecule has 2 aromatic rings. The molecule has 1 aliphatic heterocycles. The molecule has 1 heterocycles. The highest BCUT2D eigenvalue weighted by molar-refractivity contribution is 6.05. The normalized spacial score (nSPS) is 14.4. The number of nitrogens with one attached hydrogen (secondary N) is 3. The van der Waals surface area contributed by atoms with E-state index < -0.39 is 12.2 Å². The Morgan fingerprint density at radius 2 is 2.00 bits per heavy atom. The lowest BCUT2D eigenvalue weighted by Crippen LogP contribution is -2.35. The number of hydrogen-bond donors (Lipinski definition) is 4. The number of guanidine groups is 1. The Morgan fingerprint density at radius 1 is 1.21 bits per heavy atom. The summed E-state index contributed by atoms with van der Waals surface area (Å²) >= 11 is 0. The zero-order chi connectivity index (χ0) is 23.6. The van der Waals surface area contributed by atoms with Crippen LogP contribution in [0.4, 0.5) is 11.4 Å². The van der Waals surface area contributed by atoms with Gasteiger partial charge < -0.3 is 25.8 Å². The van der Waals surface area contributed by atoms with Gasteiger partial charge in [-0.1, -0.05) is 18.2 Å². The molecule has 9 nitrogen and oxygen atoms in total. The third-order valence-electron chi connectivity index (χ3n) is 4.84. The average Bonchev–Trinajstić information content (AvgIpc) is 2.82. The highest BCUT2D eigenvalue weighted by atomic mass is 16.5. The minimum atomic E-state index is -0.848. The Balaban J connectivity index is 1.53. The molecule has 9 heteroatoms. The number of amides is 1. The van der Waals surface area contributed by atoms with Gasteiger partial charge in [0, 0.05) is 36.1 Å². The van der Waals surface area contributed by atoms with E-state index in [2.05, 4.69) is 20.9 Å². The highest BCUT2D eigenvalue weighted by Gasteiger charge is 2.10. The van der Waals surface area contributed by atoms with Gasteiger partial charge in [0.25, 0.3) is 5.91 Å². The maximum absolute atomic E-state index is 12.6. The third-order valence-corrected chi connectivity index (χ3v) is 4.84. The summed E-state index contributed by atoms with van der Waals surface area (Å²) in [5.41, 5.74) is 2.69. The van der Waals surface area contributed by atoms with Crippen LogP contribution in [0, 0.1) is 0 Å². The van der Waals surface area contributed by atoms with E-state index in [1.54, 1.807) is 61.5 Å². The zero-order valence-corrected chi connectivity index (χ0v) is 18.7. The Labute approximate surface area is 193 Å². The highest BCUT2D eigenvalue weighted by Crippen LogP contribution is 2.15. The molecule has 0 fully saturated rings. The Kier molecular flexibility index (Phi) is 8.56. The van der Waals surface area contributed by atoms with Crippen LogP contribution in [0.15, 0.2) is 59.6 Å². The number of likely N-dealkylation sites (N-methyl/N-ethyl adjacent to an activating group) is 1. The molecule has 0 spiro atoms. The molecule has 0 aromatic heterocycles. The van der Waals surface area contributed by atoms with Crippen LogP contribution in [0.5, 0.6) is 0 Å². The molecule has 2 aromatic carbocycles. The summed E-state index contributed by atoms with van der Waals surface area (Å²) < 4.78 is 4.98. The van der Waals surface area contributed by atoms with E-state index in [1.165, 1.54) is 6.08 Å². The molecule has 33 heavy (non-hydrogen) atoms. The lowest BCUT2D eigenvalue weighted by atomic mass is 10.1. The number of carbonyl (C=O) groups excluding carboxylic acids is 2. The van der Waals surface area contributed by atoms with Crippen molar-refractivity contribution in [3.8, 4) is 0 Å². The number of ether oxygens (including phenoxy) is 1. The number of aliphatic hydroxyl groups excluding tert-OH is 1. The van der Waals surface area contributed by atoms with Crippen molar-refractivity contribution >= 4 is 35.3 Å². The number of benzene rings is 2. The van der Waals surface area contributed by atoms with Gasteiger partial charge >= 0.3 is 5.97 Å². The fourth-order valence-corrected chi connectivity index (χ4v) is 2.89. The van der Waals surface area contributed by atoms with Gasteiger partial charge in [-0.3, -0.25) is 14.7 Å². The lowest BCUT2D eigenvalue weighted by molar-refractivity contribution is -0.143. The molecule has 1 unspecified atom stereocenters. The molecule has 0 aliphatic carbocycles. The molecule has 4 N–H and O–H groups in total. The number of anilines is 2. The SMILES string of the molecule is CN(C)C(O)COC(=O)/C=C/c1ccc(NC(=O)c2cccc(NC3=NCCCN3)c2)cc1. The Morgan fingerprint density at radius 3 is 2.70 bits per heavy atom. The number of rotatable bonds is 8. The first kappa shape index (κ1) is 24.0. The van der Waals surface area contributed by atoms with Crippen molar-refractivity contribution in [3.63, 3.8) is 0 Å². The summed E-state index contributed by atoms with van der Waals surface area (Å²) in [6.45, 7) is 1.54. The molecular formula is C24H29N5O4. The van der Waals surface area contributed by atoms with Crippen molar-refractivity contribution < 1.29 is 19.4 Å². The minimum absolute atomic E-state index is 0.109. The second-order valence-electron chi connectivity index (χ2n) is 7.70. The first-order valence-electron chi connectivity index (χ1n) is 10.7. The number of nitrogens with zero attached hydrogens (tertiary/aromatic N) is 2. The first-order valence-corrected chi connectivity index (χ1v) is 10.7. The summed E-state index contributed by atoms with van der Waals surface area (Å²) in [5, 5.41) is 18.9. The summed E-state index contributed by atoms with van der Waals surface area (Å²) in [5.74, 6) is -0.0696. The molecule has 0 radical (unpaired) electrons. The van der Waals surface area contributed by atoms with E-state index in [1.807, 2.05) is 12.1 Å². The van der Waals surface area contributed by atoms with E-state index in [4.69, 9.17) is 4.74 Å². The fourth-order valence-electron chi connectivity index (χ4n) is 2.89. The van der Waals surface area contributed by atoms with Crippen LogP contribution in [-0.4, -0.2) is 67.9 Å². The number of hydrogen-bond acceptors (Lipinski definition) is 8. The van der Waals surface area contributed by atoms with Crippen LogP contribution >= 0.6 is 0 Å². The third kappa shape index (κ3) is 7.74. The largest absolute Gasteiger partial charge is 0.458 e. The summed E-state index contributed by atoms with van der Waals surface area (Å²) in [4.78, 5) is 30.3. The smallest absolute Gasteiger partial charge is 0.330 e. The van der Waals surface area contributed by atoms with Crippen molar-refractivity contribution in [1.82, 2.24) is 10.2 Å². The van der Waals surface area contributed by atoms with E-state index in [0.717, 1.165) is 30.8 Å². The fraction of sp³-hybridized carbons (Fsp3) is 0.292. The van der Waals surface area contributed by atoms with Gasteiger partial charge in [0.2, 0.25) is 0 Å². The molecule has 1 amide bonds. The number of carbonyl (C=O) groups is 2. The molecule has 174 valence electrons. The van der Waals surface area contributed by atoms with Crippen molar-refractivity contribution in [2.45, 2.75) is 12.6 Å². The Bertz CT molecular complexity index is 1020. The molecule has 0 saturated heterocycles. The maximum Gasteiger partial charge on any atom is 0.330 e. The standard InChI is InChI=1S/C24H29N5O4/c1-29(2)21(30)16-33-22(31)12-9-17-7-10-19(11-8-17)27-23(32)18-5-3-6-20(15-18)28-24-25-13-4-14-26-24/h3,5-12,15,21,30H,4,13-14,16H2,1-2H3,(H,27,32)(H2,25,26,28)/b12-9+. The van der Waals surface area contributed by atoms with Crippen LogP contribution in [0.3, 0.4) is 0 Å². The second kappa shape index (κ2) is 11.8. The van der Waals surface area contributed by atoms with Crippen LogP contribution in [0.2, 0.25) is 0 Å². The maximum atomic E-state index is 12.6. The first-order chi connectivity index (χ1) is 15.9. The Hall–Kier alpha value is -3.69. The van der Waals surface area contributed by atoms with E-state index >= 15 is 0 Å². The second-order valence-corrected chi connectivity index (χ2v) is 7.70. The van der Waals surface area contributed by atoms with Gasteiger partial charge in [-0.2, -0.15) is 0 Å². The molecule has 0 saturated carbocycles. The summed E-state index contributed by atoms with van der Waals surface area (Å²) in [7, 11) is 3.37. The summed E-state index contributed by atoms with van der Waals surface area (Å²) in [6, 6.07) is 14.3. The predicted octanol–water partition coefficient (Wildman–Crippen LogP) is 2.14. The van der Waals surface area contributed by atoms with Crippen molar-refractivity contribution in [2.24, 2.45) is 4.99 Å². The zero-order valence-electron chi connectivity index (χ0n) is 18.7. The van der Waals surface area contributed by atoms with E-state index in [9.17, 15) is 14.7 Å². The molecule has 1 atom stereocenters. The van der Waals surface area contributed by atoms with Crippen LogP contribution in [-0.2, 0) is 9.53 Å². The van der Waals surface area contributed by atoms with Gasteiger partial charge in [0.15, 0.2) is 5.96 Å². The van der Waals surface area contributed by atoms with Gasteiger partial charge in [-0.25, -0.2) is 4.79 Å². The van der Waals surface area contributed by atoms with Gasteiger partial charge in [0.05, 0.1) is 0 Å². The van der Waals surface area contributed by atoms with Crippen LogP contribution < -0.4 is 16.0 Å². The summed E-state index contributed by atoms with van der Waals surface area (Å²) in [6.07, 6.45) is 3.06. The van der Waals surface area contributed by atoms with E-state index in [-0.39, 0.29) is 12.5 Å². The quantitative estimate of drug-likeness (QED) is 0.276. The van der Waals surface area contributed by atoms with Crippen LogP contribution in [0.1, 0.15) is 22.3 Å². The topological polar surface area (TPSA) is 115 Å². The van der Waals surface area contributed by atoms with Crippen molar-refractivity contribution in [1.29, 1.82) is 0 Å². The van der Waals surface area contributed by atoms with Gasteiger partial charge in [-0.05, 0) is 62.5 Å². The lowest BCUT2D eigenvalue weighted by Gasteiger charge is -2.17. The van der Waals surface area contributed by atoms with Crippen molar-refractivity contribution in [2.75, 3.05) is 44.4 Å². The predicted molar refractivity (Wildman–Crippen MR) is 129 cm³/mol.